The van der Waals surface area contributed by atoms with Crippen LogP contribution < -0.4 is 0 Å². The fourth-order valence-electron chi connectivity index (χ4n) is 2.47. The number of hydrogen-bond acceptors (Lipinski definition) is 3. The second kappa shape index (κ2) is 7.57. The molecule has 16 heavy (non-hydrogen) atoms. The van der Waals surface area contributed by atoms with E-state index in [1.54, 1.807) is 0 Å². The first-order valence-electron chi connectivity index (χ1n) is 6.63. The van der Waals surface area contributed by atoms with Gasteiger partial charge in [0, 0.05) is 12.6 Å². The van der Waals surface area contributed by atoms with Crippen molar-refractivity contribution in [3.05, 3.63) is 0 Å². The van der Waals surface area contributed by atoms with Gasteiger partial charge in [-0.15, -0.1) is 0 Å². The van der Waals surface area contributed by atoms with E-state index in [1.165, 1.54) is 45.3 Å². The van der Waals surface area contributed by atoms with E-state index in [4.69, 9.17) is 0 Å². The van der Waals surface area contributed by atoms with Crippen molar-refractivity contribution in [2.75, 3.05) is 39.5 Å². The average Bonchev–Trinajstić information content (AvgIpc) is 2.26. The first-order valence-corrected chi connectivity index (χ1v) is 7.26. The van der Waals surface area contributed by atoms with Gasteiger partial charge < -0.3 is 9.80 Å². The van der Waals surface area contributed by atoms with Crippen LogP contribution in [0.15, 0.2) is 0 Å². The summed E-state index contributed by atoms with van der Waals surface area (Å²) in [6, 6.07) is 0.780. The van der Waals surface area contributed by atoms with E-state index in [1.807, 2.05) is 0 Å². The minimum absolute atomic E-state index is 0.780. The first kappa shape index (κ1) is 14.3. The Balaban J connectivity index is 2.20. The molecule has 0 spiro atoms. The molecular formula is C13H28N2S. The summed E-state index contributed by atoms with van der Waals surface area (Å²) in [4.78, 5) is 5.02. The Morgan fingerprint density at radius 3 is 2.81 bits per heavy atom. The number of rotatable bonds is 6. The van der Waals surface area contributed by atoms with Crippen LogP contribution in [0.25, 0.3) is 0 Å². The molecule has 0 saturated carbocycles. The number of hydrogen-bond donors (Lipinski definition) is 1. The monoisotopic (exact) mass is 244 g/mol. The van der Waals surface area contributed by atoms with Crippen molar-refractivity contribution in [2.24, 2.45) is 5.92 Å². The number of likely N-dealkylation sites (N-methyl/N-ethyl adjacent to an activating group) is 2. The Labute approximate surface area is 107 Å². The Bertz CT molecular complexity index is 187. The van der Waals surface area contributed by atoms with Crippen LogP contribution >= 0.6 is 12.6 Å². The highest BCUT2D eigenvalue weighted by Crippen LogP contribution is 2.15. The summed E-state index contributed by atoms with van der Waals surface area (Å²) >= 11 is 4.30. The molecule has 0 amide bonds. The van der Waals surface area contributed by atoms with Crippen molar-refractivity contribution >= 4 is 12.6 Å². The fraction of sp³-hybridized carbons (Fsp3) is 1.00. The first-order chi connectivity index (χ1) is 7.63. The molecule has 96 valence electrons. The lowest BCUT2D eigenvalue weighted by Crippen LogP contribution is -2.45. The Morgan fingerprint density at radius 2 is 2.19 bits per heavy atom. The van der Waals surface area contributed by atoms with Crippen LogP contribution in [0.4, 0.5) is 0 Å². The summed E-state index contributed by atoms with van der Waals surface area (Å²) in [5.41, 5.74) is 0. The van der Waals surface area contributed by atoms with Crippen molar-refractivity contribution in [2.45, 2.75) is 38.6 Å². The molecule has 1 fully saturated rings. The van der Waals surface area contributed by atoms with Crippen molar-refractivity contribution in [1.29, 1.82) is 0 Å². The number of thiol groups is 1. The van der Waals surface area contributed by atoms with Crippen molar-refractivity contribution in [3.8, 4) is 0 Å². The molecule has 1 rings (SSSR count). The van der Waals surface area contributed by atoms with Gasteiger partial charge in [0.2, 0.25) is 0 Å². The third-order valence-corrected chi connectivity index (χ3v) is 4.08. The topological polar surface area (TPSA) is 6.48 Å². The third kappa shape index (κ3) is 5.07. The van der Waals surface area contributed by atoms with Crippen LogP contribution in [0.1, 0.15) is 32.6 Å². The van der Waals surface area contributed by atoms with Gasteiger partial charge in [0.1, 0.15) is 0 Å². The Kier molecular flexibility index (Phi) is 6.78. The predicted octanol–water partition coefficient (Wildman–Crippen LogP) is 2.36. The van der Waals surface area contributed by atoms with Crippen LogP contribution in [-0.4, -0.2) is 55.3 Å². The summed E-state index contributed by atoms with van der Waals surface area (Å²) in [5, 5.41) is 0. The van der Waals surface area contributed by atoms with Crippen molar-refractivity contribution in [1.82, 2.24) is 9.80 Å². The van der Waals surface area contributed by atoms with Gasteiger partial charge in [0.25, 0.3) is 0 Å². The van der Waals surface area contributed by atoms with Crippen LogP contribution in [0.3, 0.4) is 0 Å². The molecule has 0 aromatic rings. The zero-order valence-electron chi connectivity index (χ0n) is 11.2. The van der Waals surface area contributed by atoms with Gasteiger partial charge >= 0.3 is 0 Å². The lowest BCUT2D eigenvalue weighted by atomic mass is 10.0. The highest BCUT2D eigenvalue weighted by molar-refractivity contribution is 7.80. The standard InChI is InChI=1S/C13H28N2S/c1-12(7-10-16)6-9-15(3)13-5-4-8-14(2)11-13/h12-13,16H,4-11H2,1-3H3. The third-order valence-electron chi connectivity index (χ3n) is 3.82. The molecule has 1 aliphatic heterocycles. The van der Waals surface area contributed by atoms with Gasteiger partial charge in [-0.2, -0.15) is 12.6 Å². The molecule has 1 saturated heterocycles. The molecular weight excluding hydrogens is 216 g/mol. The van der Waals surface area contributed by atoms with E-state index in [-0.39, 0.29) is 0 Å². The molecule has 2 unspecified atom stereocenters. The molecule has 0 aromatic carbocycles. The predicted molar refractivity (Wildman–Crippen MR) is 75.4 cm³/mol. The van der Waals surface area contributed by atoms with Crippen LogP contribution in [0.2, 0.25) is 0 Å². The fourth-order valence-corrected chi connectivity index (χ4v) is 2.91. The normalized spacial score (nSPS) is 24.9. The average molecular weight is 244 g/mol. The number of nitrogens with zero attached hydrogens (tertiary/aromatic N) is 2. The molecule has 3 heteroatoms. The van der Waals surface area contributed by atoms with Crippen LogP contribution in [-0.2, 0) is 0 Å². The summed E-state index contributed by atoms with van der Waals surface area (Å²) < 4.78 is 0. The molecule has 2 atom stereocenters. The zero-order chi connectivity index (χ0) is 12.0. The summed E-state index contributed by atoms with van der Waals surface area (Å²) in [6.07, 6.45) is 5.30. The molecule has 1 aliphatic rings. The van der Waals surface area contributed by atoms with E-state index in [0.717, 1.165) is 17.7 Å². The van der Waals surface area contributed by atoms with E-state index < -0.39 is 0 Å². The van der Waals surface area contributed by atoms with Gasteiger partial charge in [0.05, 0.1) is 0 Å². The van der Waals surface area contributed by atoms with Gasteiger partial charge in [0.15, 0.2) is 0 Å². The van der Waals surface area contributed by atoms with Crippen LogP contribution in [0.5, 0.6) is 0 Å². The largest absolute Gasteiger partial charge is 0.305 e. The number of likely N-dealkylation sites (tertiary alicyclic amines) is 1. The van der Waals surface area contributed by atoms with Gasteiger partial charge in [-0.25, -0.2) is 0 Å². The van der Waals surface area contributed by atoms with E-state index >= 15 is 0 Å². The Morgan fingerprint density at radius 1 is 1.44 bits per heavy atom. The lowest BCUT2D eigenvalue weighted by molar-refractivity contribution is 0.129. The Hall–Kier alpha value is 0.270. The van der Waals surface area contributed by atoms with Crippen molar-refractivity contribution < 1.29 is 0 Å². The summed E-state index contributed by atoms with van der Waals surface area (Å²) in [7, 11) is 4.53. The molecule has 0 aliphatic carbocycles. The summed E-state index contributed by atoms with van der Waals surface area (Å²) in [6.45, 7) is 6.11. The maximum absolute atomic E-state index is 4.30. The molecule has 0 radical (unpaired) electrons. The SMILES string of the molecule is CC(CCS)CCN(C)C1CCCN(C)C1. The second-order valence-electron chi connectivity index (χ2n) is 5.45. The van der Waals surface area contributed by atoms with Crippen molar-refractivity contribution in [3.63, 3.8) is 0 Å². The molecule has 0 bridgehead atoms. The molecule has 0 N–H and O–H groups in total. The molecule has 1 heterocycles. The molecule has 2 nitrogen and oxygen atoms in total. The zero-order valence-corrected chi connectivity index (χ0v) is 12.0. The van der Waals surface area contributed by atoms with Gasteiger partial charge in [-0.3, -0.25) is 0 Å². The minimum Gasteiger partial charge on any atom is -0.305 e. The second-order valence-corrected chi connectivity index (χ2v) is 5.89. The van der Waals surface area contributed by atoms with Gasteiger partial charge in [-0.05, 0) is 64.5 Å². The smallest absolute Gasteiger partial charge is 0.0220 e. The highest BCUT2D eigenvalue weighted by Gasteiger charge is 2.20. The quantitative estimate of drug-likeness (QED) is 0.717. The molecule has 0 aromatic heterocycles. The maximum atomic E-state index is 4.30. The van der Waals surface area contributed by atoms with Crippen LogP contribution in [0, 0.1) is 5.92 Å². The van der Waals surface area contributed by atoms with E-state index in [2.05, 4.69) is 43.4 Å². The maximum Gasteiger partial charge on any atom is 0.0220 e. The van der Waals surface area contributed by atoms with Gasteiger partial charge in [-0.1, -0.05) is 6.92 Å². The summed E-state index contributed by atoms with van der Waals surface area (Å²) in [5.74, 6) is 1.85. The van der Waals surface area contributed by atoms with E-state index in [9.17, 15) is 0 Å². The highest BCUT2D eigenvalue weighted by atomic mass is 32.1. The number of piperidine rings is 1. The lowest BCUT2D eigenvalue weighted by Gasteiger charge is -2.36. The van der Waals surface area contributed by atoms with E-state index in [0.29, 0.717) is 0 Å². The minimum atomic E-state index is 0.780.